The first kappa shape index (κ1) is 17.2. The van der Waals surface area contributed by atoms with Gasteiger partial charge in [-0.15, -0.1) is 0 Å². The summed E-state index contributed by atoms with van der Waals surface area (Å²) in [7, 11) is 0. The number of pyridine rings is 1. The Labute approximate surface area is 154 Å². The van der Waals surface area contributed by atoms with Crippen LogP contribution in [0.25, 0.3) is 5.69 Å². The second-order valence-corrected chi connectivity index (χ2v) is 7.38. The number of hydrogen-bond acceptors (Lipinski definition) is 4. The lowest BCUT2D eigenvalue weighted by Crippen LogP contribution is -2.65. The van der Waals surface area contributed by atoms with E-state index in [4.69, 9.17) is 4.74 Å². The van der Waals surface area contributed by atoms with Crippen molar-refractivity contribution in [1.29, 1.82) is 0 Å². The van der Waals surface area contributed by atoms with Crippen LogP contribution in [0.1, 0.15) is 55.8 Å². The quantitative estimate of drug-likeness (QED) is 0.896. The van der Waals surface area contributed by atoms with Gasteiger partial charge in [0.05, 0.1) is 29.7 Å². The van der Waals surface area contributed by atoms with Crippen molar-refractivity contribution in [2.24, 2.45) is 5.41 Å². The van der Waals surface area contributed by atoms with Crippen LogP contribution in [0.5, 0.6) is 0 Å². The molecule has 26 heavy (non-hydrogen) atoms. The highest BCUT2D eigenvalue weighted by Crippen LogP contribution is 2.53. The summed E-state index contributed by atoms with van der Waals surface area (Å²) < 4.78 is 7.66. The molecule has 1 amide bonds. The fourth-order valence-electron chi connectivity index (χ4n) is 4.58. The molecular weight excluding hydrogens is 328 g/mol. The molecule has 2 fully saturated rings. The van der Waals surface area contributed by atoms with E-state index in [1.54, 1.807) is 29.5 Å². The summed E-state index contributed by atoms with van der Waals surface area (Å²) >= 11 is 0. The Balaban J connectivity index is 1.46. The molecule has 0 aliphatic heterocycles. The van der Waals surface area contributed by atoms with Gasteiger partial charge in [-0.05, 0) is 38.3 Å². The fourth-order valence-corrected chi connectivity index (χ4v) is 4.58. The van der Waals surface area contributed by atoms with Crippen molar-refractivity contribution in [1.82, 2.24) is 20.1 Å². The molecule has 2 heterocycles. The van der Waals surface area contributed by atoms with E-state index in [2.05, 4.69) is 22.3 Å². The highest BCUT2D eigenvalue weighted by molar-refractivity contribution is 5.94. The van der Waals surface area contributed by atoms with Gasteiger partial charge in [-0.2, -0.15) is 5.10 Å². The zero-order valence-corrected chi connectivity index (χ0v) is 15.2. The maximum atomic E-state index is 12.8. The maximum Gasteiger partial charge on any atom is 0.254 e. The molecule has 6 heteroatoms. The number of amides is 1. The van der Waals surface area contributed by atoms with E-state index in [1.807, 2.05) is 12.1 Å². The second-order valence-electron chi connectivity index (χ2n) is 7.38. The molecule has 0 bridgehead atoms. The summed E-state index contributed by atoms with van der Waals surface area (Å²) in [5.41, 5.74) is 1.55. The monoisotopic (exact) mass is 354 g/mol. The van der Waals surface area contributed by atoms with Crippen molar-refractivity contribution in [3.63, 3.8) is 0 Å². The van der Waals surface area contributed by atoms with Crippen LogP contribution in [0.2, 0.25) is 0 Å². The van der Waals surface area contributed by atoms with Crippen LogP contribution in [0.15, 0.2) is 36.9 Å². The van der Waals surface area contributed by atoms with Crippen LogP contribution in [0.3, 0.4) is 0 Å². The predicted molar refractivity (Wildman–Crippen MR) is 98.2 cm³/mol. The molecule has 0 saturated heterocycles. The third kappa shape index (κ3) is 3.03. The maximum absolute atomic E-state index is 12.8. The molecule has 138 valence electrons. The average Bonchev–Trinajstić information content (AvgIpc) is 3.19. The summed E-state index contributed by atoms with van der Waals surface area (Å²) in [6.45, 7) is 2.79. The first-order valence-corrected chi connectivity index (χ1v) is 9.60. The Kier molecular flexibility index (Phi) is 4.76. The Hall–Kier alpha value is -2.21. The van der Waals surface area contributed by atoms with E-state index in [-0.39, 0.29) is 23.5 Å². The minimum Gasteiger partial charge on any atom is -0.378 e. The molecule has 2 aliphatic rings. The first-order valence-electron chi connectivity index (χ1n) is 9.60. The standard InChI is InChI=1S/C20H26N4O2/c1-2-26-18-11-17(20(18)8-4-3-5-9-20)23-19(25)15-12-22-24(14-15)16-7-6-10-21-13-16/h6-7,10,12-14,17-18H,2-5,8-9,11H2,1H3,(H,23,25). The normalized spacial score (nSPS) is 24.2. The van der Waals surface area contributed by atoms with E-state index in [1.165, 1.54) is 19.3 Å². The van der Waals surface area contributed by atoms with Crippen molar-refractivity contribution in [3.8, 4) is 5.69 Å². The molecule has 0 aromatic carbocycles. The first-order chi connectivity index (χ1) is 12.7. The molecule has 4 rings (SSSR count). The SMILES string of the molecule is CCOC1CC(NC(=O)c2cnn(-c3cccnc3)c2)C12CCCCC2. The van der Waals surface area contributed by atoms with E-state index in [9.17, 15) is 4.79 Å². The number of carbonyl (C=O) groups excluding carboxylic acids is 1. The topological polar surface area (TPSA) is 69.0 Å². The Morgan fingerprint density at radius 2 is 2.19 bits per heavy atom. The van der Waals surface area contributed by atoms with Crippen LogP contribution in [-0.4, -0.2) is 39.4 Å². The van der Waals surface area contributed by atoms with Gasteiger partial charge in [0.1, 0.15) is 0 Å². The number of nitrogens with one attached hydrogen (secondary N) is 1. The van der Waals surface area contributed by atoms with E-state index in [0.717, 1.165) is 31.6 Å². The van der Waals surface area contributed by atoms with Gasteiger partial charge in [-0.25, -0.2) is 4.68 Å². The summed E-state index contributed by atoms with van der Waals surface area (Å²) in [5, 5.41) is 7.56. The zero-order chi connectivity index (χ0) is 18.0. The summed E-state index contributed by atoms with van der Waals surface area (Å²) in [4.78, 5) is 16.9. The van der Waals surface area contributed by atoms with Gasteiger partial charge in [-0.3, -0.25) is 9.78 Å². The van der Waals surface area contributed by atoms with Gasteiger partial charge >= 0.3 is 0 Å². The number of rotatable bonds is 5. The van der Waals surface area contributed by atoms with Crippen molar-refractivity contribution in [3.05, 3.63) is 42.5 Å². The molecule has 2 atom stereocenters. The number of carbonyl (C=O) groups is 1. The van der Waals surface area contributed by atoms with Gasteiger partial charge in [0.15, 0.2) is 0 Å². The molecule has 2 aromatic rings. The molecule has 2 aromatic heterocycles. The van der Waals surface area contributed by atoms with Gasteiger partial charge in [-0.1, -0.05) is 19.3 Å². The lowest BCUT2D eigenvalue weighted by molar-refractivity contribution is -0.146. The molecule has 6 nitrogen and oxygen atoms in total. The predicted octanol–water partition coefficient (Wildman–Crippen LogP) is 3.13. The molecular formula is C20H26N4O2. The van der Waals surface area contributed by atoms with Gasteiger partial charge in [0.25, 0.3) is 5.91 Å². The number of hydrogen-bond donors (Lipinski definition) is 1. The number of aromatic nitrogens is 3. The highest BCUT2D eigenvalue weighted by Gasteiger charge is 2.56. The van der Waals surface area contributed by atoms with Crippen molar-refractivity contribution >= 4 is 5.91 Å². The largest absolute Gasteiger partial charge is 0.378 e. The third-order valence-corrected chi connectivity index (χ3v) is 6.00. The molecule has 2 unspecified atom stereocenters. The summed E-state index contributed by atoms with van der Waals surface area (Å²) in [5.74, 6) is -0.0509. The smallest absolute Gasteiger partial charge is 0.254 e. The fraction of sp³-hybridized carbons (Fsp3) is 0.550. The van der Waals surface area contributed by atoms with Crippen LogP contribution in [0, 0.1) is 5.41 Å². The number of nitrogens with zero attached hydrogens (tertiary/aromatic N) is 3. The molecule has 1 N–H and O–H groups in total. The molecule has 0 radical (unpaired) electrons. The van der Waals surface area contributed by atoms with Crippen molar-refractivity contribution < 1.29 is 9.53 Å². The van der Waals surface area contributed by atoms with Gasteiger partial charge in [0, 0.05) is 30.5 Å². The van der Waals surface area contributed by atoms with Crippen molar-refractivity contribution in [2.45, 2.75) is 57.6 Å². The van der Waals surface area contributed by atoms with Crippen LogP contribution in [0.4, 0.5) is 0 Å². The van der Waals surface area contributed by atoms with E-state index < -0.39 is 0 Å². The number of ether oxygens (including phenoxy) is 1. The minimum atomic E-state index is -0.0509. The van der Waals surface area contributed by atoms with Gasteiger partial charge in [0.2, 0.25) is 0 Å². The van der Waals surface area contributed by atoms with E-state index >= 15 is 0 Å². The Bertz CT molecular complexity index is 752. The highest BCUT2D eigenvalue weighted by atomic mass is 16.5. The van der Waals surface area contributed by atoms with Crippen LogP contribution >= 0.6 is 0 Å². The van der Waals surface area contributed by atoms with Crippen LogP contribution in [-0.2, 0) is 4.74 Å². The third-order valence-electron chi connectivity index (χ3n) is 6.00. The molecule has 1 spiro atoms. The van der Waals surface area contributed by atoms with Gasteiger partial charge < -0.3 is 10.1 Å². The summed E-state index contributed by atoms with van der Waals surface area (Å²) in [6.07, 6.45) is 14.1. The zero-order valence-electron chi connectivity index (χ0n) is 15.2. The van der Waals surface area contributed by atoms with Crippen molar-refractivity contribution in [2.75, 3.05) is 6.61 Å². The van der Waals surface area contributed by atoms with E-state index in [0.29, 0.717) is 5.56 Å². The Morgan fingerprint density at radius 3 is 2.92 bits per heavy atom. The molecule has 2 saturated carbocycles. The minimum absolute atomic E-state index is 0.0509. The lowest BCUT2D eigenvalue weighted by atomic mass is 9.55. The lowest BCUT2D eigenvalue weighted by Gasteiger charge is -2.57. The second kappa shape index (κ2) is 7.19. The Morgan fingerprint density at radius 1 is 1.35 bits per heavy atom. The molecule has 2 aliphatic carbocycles. The average molecular weight is 354 g/mol. The van der Waals surface area contributed by atoms with Crippen LogP contribution < -0.4 is 5.32 Å². The summed E-state index contributed by atoms with van der Waals surface area (Å²) in [6, 6.07) is 3.97.